The Balaban J connectivity index is 4.59. The molecule has 0 unspecified atom stereocenters. The van der Waals surface area contributed by atoms with Gasteiger partial charge >= 0.3 is 0 Å². The highest BCUT2D eigenvalue weighted by Crippen LogP contribution is 1.83. The lowest BCUT2D eigenvalue weighted by molar-refractivity contribution is 0.614. The molecule has 0 N–H and O–H groups in total. The molecule has 0 amide bonds. The van der Waals surface area contributed by atoms with Crippen LogP contribution in [0.25, 0.3) is 0 Å². The van der Waals surface area contributed by atoms with E-state index in [1.165, 1.54) is 6.92 Å². The van der Waals surface area contributed by atoms with E-state index in [1.54, 1.807) is 0 Å². The number of hydrogen-bond donors (Lipinski definition) is 0. The van der Waals surface area contributed by atoms with E-state index in [9.17, 15) is 8.42 Å². The Morgan fingerprint density at radius 1 is 1.62 bits per heavy atom. The summed E-state index contributed by atoms with van der Waals surface area (Å²) < 4.78 is 20.6. The molecule has 0 heterocycles. The van der Waals surface area contributed by atoms with Crippen molar-refractivity contribution >= 4 is 9.84 Å². The Labute approximate surface area is 49.1 Å². The van der Waals surface area contributed by atoms with Crippen LogP contribution >= 0.6 is 0 Å². The first-order chi connectivity index (χ1) is 3.62. The summed E-state index contributed by atoms with van der Waals surface area (Å²) in [7, 11) is -3.27. The van der Waals surface area contributed by atoms with E-state index in [1.807, 2.05) is 5.25 Å². The largest absolute Gasteiger partial charge is 0.237 e. The van der Waals surface area contributed by atoms with Gasteiger partial charge in [-0.15, -0.1) is 0 Å². The summed E-state index contributed by atoms with van der Waals surface area (Å²) in [6.07, 6.45) is 0. The molecule has 0 aromatic carbocycles. The molecule has 0 aliphatic heterocycles. The Morgan fingerprint density at radius 3 is 2.25 bits per heavy atom. The van der Waals surface area contributed by atoms with E-state index in [0.29, 0.717) is 0 Å². The third kappa shape index (κ3) is 2.43. The first-order valence-corrected chi connectivity index (χ1v) is 3.48. The van der Waals surface area contributed by atoms with Crippen molar-refractivity contribution in [3.8, 4) is 11.2 Å². The number of rotatable bonds is 1. The Hall–Kier alpha value is -0.750. The Kier molecular flexibility index (Phi) is 2.29. The molecule has 0 aromatic rings. The van der Waals surface area contributed by atoms with Crippen LogP contribution < -0.4 is 0 Å². The Morgan fingerprint density at radius 2 is 2.12 bits per heavy atom. The molecule has 8 heavy (non-hydrogen) atoms. The lowest BCUT2D eigenvalue weighted by atomic mass is 10.9. The van der Waals surface area contributed by atoms with Gasteiger partial charge in [0.1, 0.15) is 0 Å². The normalized spacial score (nSPS) is 9.12. The van der Waals surface area contributed by atoms with Crippen LogP contribution in [-0.2, 0) is 9.84 Å². The molecule has 0 spiro atoms. The third-order valence-electron chi connectivity index (χ3n) is 0.464. The zero-order valence-electron chi connectivity index (χ0n) is 4.51. The maximum atomic E-state index is 10.3. The minimum absolute atomic E-state index is 0.823. The monoisotopic (exact) mass is 130 g/mol. The van der Waals surface area contributed by atoms with Crippen LogP contribution in [0.15, 0.2) is 12.0 Å². The summed E-state index contributed by atoms with van der Waals surface area (Å²) in [5.41, 5.74) is 0. The molecule has 0 aliphatic rings. The quantitative estimate of drug-likeness (QED) is 0.383. The fraction of sp³-hybridized carbons (Fsp3) is 0.200. The van der Waals surface area contributed by atoms with E-state index >= 15 is 0 Å². The second kappa shape index (κ2) is 2.53. The summed E-state index contributed by atoms with van der Waals surface area (Å²) in [5, 5.41) is 2.80. The van der Waals surface area contributed by atoms with Gasteiger partial charge in [0.15, 0.2) is 0 Å². The van der Waals surface area contributed by atoms with E-state index in [2.05, 4.69) is 12.5 Å². The molecule has 0 saturated heterocycles. The predicted octanol–water partition coefficient (Wildman–Crippen LogP) is 0.525. The van der Waals surface area contributed by atoms with Crippen molar-refractivity contribution in [2.45, 2.75) is 6.92 Å². The van der Waals surface area contributed by atoms with Crippen molar-refractivity contribution in [1.29, 1.82) is 0 Å². The predicted molar refractivity (Wildman–Crippen MR) is 32.6 cm³/mol. The highest BCUT2D eigenvalue weighted by molar-refractivity contribution is 7.98. The summed E-state index contributed by atoms with van der Waals surface area (Å²) in [6.45, 7) is 4.52. The van der Waals surface area contributed by atoms with Crippen molar-refractivity contribution < 1.29 is 8.42 Å². The van der Waals surface area contributed by atoms with Crippen LogP contribution in [0.2, 0.25) is 0 Å². The van der Waals surface area contributed by atoms with Gasteiger partial charge in [0.05, 0.1) is 0 Å². The zero-order chi connectivity index (χ0) is 6.62. The van der Waals surface area contributed by atoms with Gasteiger partial charge in [0, 0.05) is 10.7 Å². The molecular formula is C5H6O2S. The fourth-order valence-electron chi connectivity index (χ4n) is 0.184. The summed E-state index contributed by atoms with van der Waals surface area (Å²) in [4.78, 5) is 0. The minimum atomic E-state index is -3.27. The molecule has 0 saturated carbocycles. The highest BCUT2D eigenvalue weighted by Gasteiger charge is 1.92. The molecule has 44 valence electrons. The topological polar surface area (TPSA) is 34.1 Å². The maximum absolute atomic E-state index is 10.3. The standard InChI is InChI=1S/C5H6O2S/c1-3-5-8(6,7)4-2/h4H,2H2,1H3. The van der Waals surface area contributed by atoms with Crippen molar-refractivity contribution in [3.05, 3.63) is 12.0 Å². The van der Waals surface area contributed by atoms with Crippen molar-refractivity contribution in [2.75, 3.05) is 0 Å². The lowest BCUT2D eigenvalue weighted by Crippen LogP contribution is -1.85. The molecule has 0 radical (unpaired) electrons. The molecule has 0 aromatic heterocycles. The van der Waals surface area contributed by atoms with Crippen molar-refractivity contribution in [2.24, 2.45) is 0 Å². The van der Waals surface area contributed by atoms with Gasteiger partial charge in [-0.25, -0.2) is 8.42 Å². The van der Waals surface area contributed by atoms with Crippen molar-refractivity contribution in [3.63, 3.8) is 0 Å². The van der Waals surface area contributed by atoms with Crippen LogP contribution in [0.1, 0.15) is 6.92 Å². The van der Waals surface area contributed by atoms with Crippen LogP contribution in [0, 0.1) is 11.2 Å². The third-order valence-corrected chi connectivity index (χ3v) is 1.39. The smallest absolute Gasteiger partial charge is 0.211 e. The van der Waals surface area contributed by atoms with Crippen LogP contribution in [0.3, 0.4) is 0 Å². The van der Waals surface area contributed by atoms with Gasteiger partial charge in [-0.3, -0.25) is 0 Å². The van der Waals surface area contributed by atoms with Crippen molar-refractivity contribution in [1.82, 2.24) is 0 Å². The molecule has 0 aliphatic carbocycles. The summed E-state index contributed by atoms with van der Waals surface area (Å²) >= 11 is 0. The highest BCUT2D eigenvalue weighted by atomic mass is 32.2. The molecule has 0 atom stereocenters. The van der Waals surface area contributed by atoms with Gasteiger partial charge < -0.3 is 0 Å². The number of hydrogen-bond acceptors (Lipinski definition) is 2. The minimum Gasteiger partial charge on any atom is -0.211 e. The summed E-state index contributed by atoms with van der Waals surface area (Å²) in [5.74, 6) is 2.25. The van der Waals surface area contributed by atoms with E-state index in [4.69, 9.17) is 0 Å². The van der Waals surface area contributed by atoms with E-state index < -0.39 is 9.84 Å². The molecular weight excluding hydrogens is 124 g/mol. The second-order valence-electron chi connectivity index (χ2n) is 1.06. The van der Waals surface area contributed by atoms with Gasteiger partial charge in [-0.2, -0.15) is 0 Å². The van der Waals surface area contributed by atoms with Gasteiger partial charge in [0.25, 0.3) is 0 Å². The molecule has 0 bridgehead atoms. The average Bonchev–Trinajstić information content (AvgIpc) is 1.67. The Bertz CT molecular complexity index is 225. The van der Waals surface area contributed by atoms with Gasteiger partial charge in [0.2, 0.25) is 9.84 Å². The zero-order valence-corrected chi connectivity index (χ0v) is 5.33. The fourth-order valence-corrected chi connectivity index (χ4v) is 0.552. The average molecular weight is 130 g/mol. The van der Waals surface area contributed by atoms with E-state index in [0.717, 1.165) is 5.41 Å². The molecule has 0 rings (SSSR count). The second-order valence-corrected chi connectivity index (χ2v) is 2.69. The van der Waals surface area contributed by atoms with Crippen LogP contribution in [0.4, 0.5) is 0 Å². The number of sulfone groups is 1. The van der Waals surface area contributed by atoms with Gasteiger partial charge in [-0.05, 0) is 6.92 Å². The summed E-state index contributed by atoms with van der Waals surface area (Å²) in [6, 6.07) is 0. The van der Waals surface area contributed by atoms with Crippen LogP contribution in [0.5, 0.6) is 0 Å². The lowest BCUT2D eigenvalue weighted by Gasteiger charge is -1.75. The first kappa shape index (κ1) is 7.25. The van der Waals surface area contributed by atoms with E-state index in [-0.39, 0.29) is 0 Å². The molecule has 0 fully saturated rings. The molecule has 2 nitrogen and oxygen atoms in total. The van der Waals surface area contributed by atoms with Gasteiger partial charge in [-0.1, -0.05) is 12.5 Å². The van der Waals surface area contributed by atoms with Crippen LogP contribution in [-0.4, -0.2) is 8.42 Å². The molecule has 3 heteroatoms. The maximum Gasteiger partial charge on any atom is 0.237 e. The SMILES string of the molecule is C=CS(=O)(=O)C#CC. The first-order valence-electron chi connectivity index (χ1n) is 1.93.